The summed E-state index contributed by atoms with van der Waals surface area (Å²) >= 11 is 5.97. The third kappa shape index (κ3) is 3.66. The molecular formula is C20H26ClN5O2. The number of aromatic nitrogens is 3. The SMILES string of the molecule is Cc1nc(C(=O)N2CCO[C@@H]3C[C@@H](N(C)C)CC[C@H]32)nn1-c1ccc(Cl)cc1. The van der Waals surface area contributed by atoms with Gasteiger partial charge in [-0.2, -0.15) is 0 Å². The first-order valence-electron chi connectivity index (χ1n) is 9.72. The summed E-state index contributed by atoms with van der Waals surface area (Å²) in [5.74, 6) is 0.798. The van der Waals surface area contributed by atoms with E-state index >= 15 is 0 Å². The summed E-state index contributed by atoms with van der Waals surface area (Å²) < 4.78 is 7.69. The van der Waals surface area contributed by atoms with E-state index in [9.17, 15) is 4.79 Å². The Morgan fingerprint density at radius 2 is 2.00 bits per heavy atom. The minimum Gasteiger partial charge on any atom is -0.374 e. The highest BCUT2D eigenvalue weighted by atomic mass is 35.5. The van der Waals surface area contributed by atoms with Gasteiger partial charge in [-0.1, -0.05) is 11.6 Å². The van der Waals surface area contributed by atoms with Crippen LogP contribution in [0.5, 0.6) is 0 Å². The van der Waals surface area contributed by atoms with E-state index in [1.165, 1.54) is 0 Å². The van der Waals surface area contributed by atoms with Crippen LogP contribution in [0.15, 0.2) is 24.3 Å². The molecule has 1 aliphatic heterocycles. The van der Waals surface area contributed by atoms with Crippen LogP contribution in [-0.4, -0.2) is 75.9 Å². The van der Waals surface area contributed by atoms with E-state index in [-0.39, 0.29) is 23.9 Å². The molecule has 0 bridgehead atoms. The minimum atomic E-state index is -0.114. The lowest BCUT2D eigenvalue weighted by molar-refractivity contribution is -0.0879. The molecule has 1 saturated heterocycles. The van der Waals surface area contributed by atoms with Gasteiger partial charge in [0.1, 0.15) is 5.82 Å². The highest BCUT2D eigenvalue weighted by molar-refractivity contribution is 6.30. The summed E-state index contributed by atoms with van der Waals surface area (Å²) in [7, 11) is 4.21. The van der Waals surface area contributed by atoms with E-state index in [2.05, 4.69) is 29.1 Å². The van der Waals surface area contributed by atoms with Gasteiger partial charge in [-0.05, 0) is 64.5 Å². The van der Waals surface area contributed by atoms with Crippen molar-refractivity contribution < 1.29 is 9.53 Å². The highest BCUT2D eigenvalue weighted by Crippen LogP contribution is 2.31. The molecule has 1 amide bonds. The fourth-order valence-electron chi connectivity index (χ4n) is 4.25. The van der Waals surface area contributed by atoms with Crippen LogP contribution in [-0.2, 0) is 4.74 Å². The van der Waals surface area contributed by atoms with Crippen molar-refractivity contribution in [2.24, 2.45) is 0 Å². The molecule has 2 aromatic rings. The van der Waals surface area contributed by atoms with E-state index in [4.69, 9.17) is 16.3 Å². The smallest absolute Gasteiger partial charge is 0.293 e. The summed E-state index contributed by atoms with van der Waals surface area (Å²) in [6.07, 6.45) is 3.04. The van der Waals surface area contributed by atoms with E-state index in [1.54, 1.807) is 16.8 Å². The Labute approximate surface area is 170 Å². The molecule has 0 spiro atoms. The van der Waals surface area contributed by atoms with Crippen molar-refractivity contribution in [3.63, 3.8) is 0 Å². The molecule has 2 aliphatic rings. The van der Waals surface area contributed by atoms with Gasteiger partial charge in [0, 0.05) is 17.6 Å². The fourth-order valence-corrected chi connectivity index (χ4v) is 4.38. The average Bonchev–Trinajstić information content (AvgIpc) is 3.08. The molecule has 1 aromatic carbocycles. The van der Waals surface area contributed by atoms with Gasteiger partial charge in [0.05, 0.1) is 24.4 Å². The standard InChI is InChI=1S/C20H26ClN5O2/c1-13-22-19(23-26(13)15-6-4-14(21)5-7-15)20(27)25-10-11-28-18-12-16(24(2)3)8-9-17(18)25/h4-7,16-18H,8-12H2,1-3H3/t16-,17+,18+/m0/s1. The van der Waals surface area contributed by atoms with Crippen LogP contribution in [0.4, 0.5) is 0 Å². The van der Waals surface area contributed by atoms with Crippen molar-refractivity contribution >= 4 is 17.5 Å². The molecular weight excluding hydrogens is 378 g/mol. The van der Waals surface area contributed by atoms with Crippen molar-refractivity contribution in [3.8, 4) is 5.69 Å². The molecule has 1 saturated carbocycles. The van der Waals surface area contributed by atoms with Crippen molar-refractivity contribution in [3.05, 3.63) is 40.9 Å². The second-order valence-corrected chi connectivity index (χ2v) is 8.21. The Morgan fingerprint density at radius 1 is 1.25 bits per heavy atom. The number of carbonyl (C=O) groups is 1. The van der Waals surface area contributed by atoms with Gasteiger partial charge in [0.25, 0.3) is 5.91 Å². The predicted molar refractivity (Wildman–Crippen MR) is 107 cm³/mol. The van der Waals surface area contributed by atoms with E-state index < -0.39 is 0 Å². The van der Waals surface area contributed by atoms with Crippen LogP contribution >= 0.6 is 11.6 Å². The zero-order valence-electron chi connectivity index (χ0n) is 16.5. The first-order chi connectivity index (χ1) is 13.4. The molecule has 0 N–H and O–H groups in total. The van der Waals surface area contributed by atoms with E-state index in [0.717, 1.165) is 24.9 Å². The quantitative estimate of drug-likeness (QED) is 0.788. The Morgan fingerprint density at radius 3 is 2.71 bits per heavy atom. The first kappa shape index (κ1) is 19.4. The maximum atomic E-state index is 13.2. The fraction of sp³-hybridized carbons (Fsp3) is 0.550. The van der Waals surface area contributed by atoms with Gasteiger partial charge < -0.3 is 14.5 Å². The van der Waals surface area contributed by atoms with E-state index in [0.29, 0.717) is 30.0 Å². The summed E-state index contributed by atoms with van der Waals surface area (Å²) in [6.45, 7) is 2.99. The molecule has 8 heteroatoms. The number of halogens is 1. The zero-order valence-corrected chi connectivity index (χ0v) is 17.3. The molecule has 1 aliphatic carbocycles. The van der Waals surface area contributed by atoms with Gasteiger partial charge in [0.2, 0.25) is 5.82 Å². The number of benzene rings is 1. The molecule has 4 rings (SSSR count). The Hall–Kier alpha value is -1.96. The van der Waals surface area contributed by atoms with Gasteiger partial charge >= 0.3 is 0 Å². The predicted octanol–water partition coefficient (Wildman–Crippen LogP) is 2.55. The van der Waals surface area contributed by atoms with E-state index in [1.807, 2.05) is 24.0 Å². The van der Waals surface area contributed by atoms with Crippen molar-refractivity contribution in [1.82, 2.24) is 24.6 Å². The number of amides is 1. The highest BCUT2D eigenvalue weighted by Gasteiger charge is 2.41. The van der Waals surface area contributed by atoms with Crippen LogP contribution in [0.1, 0.15) is 35.7 Å². The number of aryl methyl sites for hydroxylation is 1. The normalized spacial score (nSPS) is 25.0. The minimum absolute atomic E-state index is 0.0818. The zero-order chi connectivity index (χ0) is 19.8. The van der Waals surface area contributed by atoms with Crippen LogP contribution in [0.3, 0.4) is 0 Å². The largest absolute Gasteiger partial charge is 0.374 e. The third-order valence-electron chi connectivity index (χ3n) is 5.82. The summed E-state index contributed by atoms with van der Waals surface area (Å²) in [5.41, 5.74) is 0.833. The lowest BCUT2D eigenvalue weighted by Gasteiger charge is -2.46. The number of fused-ring (bicyclic) bond motifs is 1. The number of ether oxygens (including phenoxy) is 1. The number of morpholine rings is 1. The maximum Gasteiger partial charge on any atom is 0.293 e. The lowest BCUT2D eigenvalue weighted by atomic mass is 9.86. The topological polar surface area (TPSA) is 63.5 Å². The Bertz CT molecular complexity index is 851. The monoisotopic (exact) mass is 403 g/mol. The van der Waals surface area contributed by atoms with Crippen LogP contribution < -0.4 is 0 Å². The van der Waals surface area contributed by atoms with Crippen molar-refractivity contribution in [2.45, 2.75) is 44.4 Å². The molecule has 150 valence electrons. The van der Waals surface area contributed by atoms with Crippen molar-refractivity contribution in [2.75, 3.05) is 27.2 Å². The average molecular weight is 404 g/mol. The third-order valence-corrected chi connectivity index (χ3v) is 6.07. The maximum absolute atomic E-state index is 13.2. The number of hydrogen-bond acceptors (Lipinski definition) is 5. The summed E-state index contributed by atoms with van der Waals surface area (Å²) in [6, 6.07) is 7.93. The molecule has 0 unspecified atom stereocenters. The van der Waals surface area contributed by atoms with Crippen LogP contribution in [0.25, 0.3) is 5.69 Å². The number of carbonyl (C=O) groups excluding carboxylic acids is 1. The number of hydrogen-bond donors (Lipinski definition) is 0. The Balaban J connectivity index is 1.54. The van der Waals surface area contributed by atoms with Crippen LogP contribution in [0.2, 0.25) is 5.02 Å². The molecule has 2 fully saturated rings. The second kappa shape index (κ2) is 7.81. The molecule has 0 radical (unpaired) electrons. The lowest BCUT2D eigenvalue weighted by Crippen LogP contribution is -2.57. The van der Waals surface area contributed by atoms with Gasteiger partial charge in [-0.15, -0.1) is 5.10 Å². The van der Waals surface area contributed by atoms with Crippen LogP contribution in [0, 0.1) is 6.92 Å². The molecule has 3 atom stereocenters. The summed E-state index contributed by atoms with van der Waals surface area (Å²) in [5, 5.41) is 5.15. The molecule has 28 heavy (non-hydrogen) atoms. The molecule has 1 aromatic heterocycles. The molecule has 2 heterocycles. The first-order valence-corrected chi connectivity index (χ1v) is 10.1. The van der Waals surface area contributed by atoms with Crippen molar-refractivity contribution in [1.29, 1.82) is 0 Å². The number of nitrogens with zero attached hydrogens (tertiary/aromatic N) is 5. The second-order valence-electron chi connectivity index (χ2n) is 7.78. The van der Waals surface area contributed by atoms with Gasteiger partial charge in [-0.3, -0.25) is 4.79 Å². The summed E-state index contributed by atoms with van der Waals surface area (Å²) in [4.78, 5) is 21.8. The van der Waals surface area contributed by atoms with Gasteiger partial charge in [0.15, 0.2) is 0 Å². The number of rotatable bonds is 3. The van der Waals surface area contributed by atoms with Gasteiger partial charge in [-0.25, -0.2) is 9.67 Å². The molecule has 7 nitrogen and oxygen atoms in total. The Kier molecular flexibility index (Phi) is 5.40.